The third-order valence-electron chi connectivity index (χ3n) is 2.45. The molecule has 0 saturated carbocycles. The molecule has 0 fully saturated rings. The number of ether oxygens (including phenoxy) is 1. The number of halogens is 3. The van der Waals surface area contributed by atoms with Gasteiger partial charge in [-0.1, -0.05) is 17.7 Å². The Morgan fingerprint density at radius 2 is 2.25 bits per heavy atom. The van der Waals surface area contributed by atoms with E-state index >= 15 is 0 Å². The van der Waals surface area contributed by atoms with Gasteiger partial charge in [0.05, 0.1) is 9.50 Å². The molecular formula is C13H8BrClFNO3. The molecular weight excluding hydrogens is 353 g/mol. The first-order valence-electron chi connectivity index (χ1n) is 5.43. The predicted octanol–water partition coefficient (Wildman–Crippen LogP) is 3.91. The molecule has 1 N–H and O–H groups in total. The van der Waals surface area contributed by atoms with Gasteiger partial charge in [-0.15, -0.1) is 0 Å². The molecule has 0 aliphatic heterocycles. The van der Waals surface area contributed by atoms with E-state index < -0.39 is 11.8 Å². The van der Waals surface area contributed by atoms with Crippen LogP contribution >= 0.6 is 27.5 Å². The second kappa shape index (κ2) is 6.19. The van der Waals surface area contributed by atoms with E-state index in [1.54, 1.807) is 12.1 Å². The minimum atomic E-state index is -1.15. The summed E-state index contributed by atoms with van der Waals surface area (Å²) >= 11 is 8.82. The first kappa shape index (κ1) is 14.7. The lowest BCUT2D eigenvalue weighted by Crippen LogP contribution is -2.08. The number of rotatable bonds is 4. The van der Waals surface area contributed by atoms with Crippen LogP contribution in [0.3, 0.4) is 0 Å². The molecule has 7 heteroatoms. The number of carboxylic acid groups (broad SMARTS) is 1. The molecule has 0 spiro atoms. The van der Waals surface area contributed by atoms with Gasteiger partial charge < -0.3 is 9.84 Å². The molecule has 0 bridgehead atoms. The molecule has 0 aliphatic carbocycles. The van der Waals surface area contributed by atoms with Gasteiger partial charge in [0.2, 0.25) is 0 Å². The van der Waals surface area contributed by atoms with Crippen LogP contribution in [0.25, 0.3) is 0 Å². The summed E-state index contributed by atoms with van der Waals surface area (Å²) in [4.78, 5) is 14.8. The highest BCUT2D eigenvalue weighted by Gasteiger charge is 2.13. The van der Waals surface area contributed by atoms with E-state index in [2.05, 4.69) is 20.9 Å². The fourth-order valence-electron chi connectivity index (χ4n) is 1.52. The van der Waals surface area contributed by atoms with Gasteiger partial charge in [-0.2, -0.15) is 0 Å². The van der Waals surface area contributed by atoms with Crippen molar-refractivity contribution in [3.63, 3.8) is 0 Å². The number of benzene rings is 1. The molecule has 104 valence electrons. The Morgan fingerprint density at radius 1 is 1.50 bits per heavy atom. The molecule has 4 nitrogen and oxygen atoms in total. The summed E-state index contributed by atoms with van der Waals surface area (Å²) in [6, 6.07) is 5.68. The van der Waals surface area contributed by atoms with Crippen molar-refractivity contribution in [1.29, 1.82) is 0 Å². The number of carboxylic acids is 1. The number of aromatic nitrogens is 1. The predicted molar refractivity (Wildman–Crippen MR) is 74.6 cm³/mol. The van der Waals surface area contributed by atoms with Crippen LogP contribution in [0.15, 0.2) is 34.9 Å². The molecule has 1 aromatic carbocycles. The van der Waals surface area contributed by atoms with Crippen molar-refractivity contribution in [2.75, 3.05) is 0 Å². The highest BCUT2D eigenvalue weighted by atomic mass is 79.9. The van der Waals surface area contributed by atoms with Crippen molar-refractivity contribution < 1.29 is 19.0 Å². The Kier molecular flexibility index (Phi) is 4.57. The lowest BCUT2D eigenvalue weighted by atomic mass is 10.2. The van der Waals surface area contributed by atoms with Gasteiger partial charge in [0.25, 0.3) is 0 Å². The van der Waals surface area contributed by atoms with Gasteiger partial charge in [-0.3, -0.25) is 0 Å². The van der Waals surface area contributed by atoms with Crippen molar-refractivity contribution in [1.82, 2.24) is 4.98 Å². The first-order chi connectivity index (χ1) is 9.49. The SMILES string of the molecule is O=C(O)c1ncccc1COc1cc(F)c(Cl)cc1Br. The van der Waals surface area contributed by atoms with Gasteiger partial charge in [-0.25, -0.2) is 14.2 Å². The van der Waals surface area contributed by atoms with Crippen LogP contribution < -0.4 is 4.74 Å². The lowest BCUT2D eigenvalue weighted by Gasteiger charge is -2.10. The maximum atomic E-state index is 13.4. The quantitative estimate of drug-likeness (QED) is 0.840. The molecule has 2 aromatic rings. The van der Waals surface area contributed by atoms with Crippen LogP contribution in [0.1, 0.15) is 16.1 Å². The molecule has 2 rings (SSSR count). The molecule has 0 saturated heterocycles. The van der Waals surface area contributed by atoms with E-state index in [0.29, 0.717) is 10.0 Å². The zero-order valence-corrected chi connectivity index (χ0v) is 12.3. The summed E-state index contributed by atoms with van der Waals surface area (Å²) in [6.07, 6.45) is 1.38. The summed E-state index contributed by atoms with van der Waals surface area (Å²) < 4.78 is 19.2. The van der Waals surface area contributed by atoms with Crippen molar-refractivity contribution in [3.8, 4) is 5.75 Å². The molecule has 1 heterocycles. The summed E-state index contributed by atoms with van der Waals surface area (Å²) in [5.74, 6) is -1.54. The van der Waals surface area contributed by atoms with Crippen molar-refractivity contribution in [2.45, 2.75) is 6.61 Å². The van der Waals surface area contributed by atoms with E-state index in [0.717, 1.165) is 6.07 Å². The van der Waals surface area contributed by atoms with Gasteiger partial charge in [0.15, 0.2) is 5.69 Å². The van der Waals surface area contributed by atoms with E-state index in [4.69, 9.17) is 21.4 Å². The summed E-state index contributed by atoms with van der Waals surface area (Å²) in [5.41, 5.74) is 0.292. The highest BCUT2D eigenvalue weighted by Crippen LogP contribution is 2.31. The fraction of sp³-hybridized carbons (Fsp3) is 0.0769. The zero-order valence-electron chi connectivity index (χ0n) is 9.94. The van der Waals surface area contributed by atoms with Gasteiger partial charge in [0.1, 0.15) is 18.2 Å². The van der Waals surface area contributed by atoms with Crippen LogP contribution in [0.4, 0.5) is 4.39 Å². The molecule has 20 heavy (non-hydrogen) atoms. The average Bonchev–Trinajstić information content (AvgIpc) is 2.41. The highest BCUT2D eigenvalue weighted by molar-refractivity contribution is 9.10. The number of pyridine rings is 1. The van der Waals surface area contributed by atoms with Crippen LogP contribution in [0.5, 0.6) is 5.75 Å². The Labute approximate surface area is 127 Å². The maximum Gasteiger partial charge on any atom is 0.354 e. The minimum Gasteiger partial charge on any atom is -0.488 e. The number of nitrogens with zero attached hydrogens (tertiary/aromatic N) is 1. The lowest BCUT2D eigenvalue weighted by molar-refractivity contribution is 0.0687. The molecule has 0 aliphatic rings. The maximum absolute atomic E-state index is 13.4. The first-order valence-corrected chi connectivity index (χ1v) is 6.60. The van der Waals surface area contributed by atoms with E-state index in [1.165, 1.54) is 12.3 Å². The minimum absolute atomic E-state index is 0.0307. The summed E-state index contributed by atoms with van der Waals surface area (Å²) in [7, 11) is 0. The molecule has 0 atom stereocenters. The van der Waals surface area contributed by atoms with E-state index in [-0.39, 0.29) is 23.1 Å². The van der Waals surface area contributed by atoms with Crippen molar-refractivity contribution in [2.24, 2.45) is 0 Å². The van der Waals surface area contributed by atoms with Crippen molar-refractivity contribution in [3.05, 3.63) is 57.0 Å². The molecule has 0 radical (unpaired) electrons. The van der Waals surface area contributed by atoms with Crippen LogP contribution in [0, 0.1) is 5.82 Å². The van der Waals surface area contributed by atoms with E-state index in [1.807, 2.05) is 0 Å². The number of aromatic carboxylic acids is 1. The Bertz CT molecular complexity index is 666. The summed E-state index contributed by atoms with van der Waals surface area (Å²) in [5, 5.41) is 8.96. The molecule has 0 amide bonds. The van der Waals surface area contributed by atoms with Crippen LogP contribution in [0.2, 0.25) is 5.02 Å². The van der Waals surface area contributed by atoms with Gasteiger partial charge in [0, 0.05) is 17.8 Å². The number of hydrogen-bond acceptors (Lipinski definition) is 3. The Morgan fingerprint density at radius 3 is 2.95 bits per heavy atom. The number of hydrogen-bond donors (Lipinski definition) is 1. The van der Waals surface area contributed by atoms with Crippen LogP contribution in [-0.4, -0.2) is 16.1 Å². The third-order valence-corrected chi connectivity index (χ3v) is 3.36. The normalized spacial score (nSPS) is 10.3. The fourth-order valence-corrected chi connectivity index (χ4v) is 2.27. The van der Waals surface area contributed by atoms with Crippen molar-refractivity contribution >= 4 is 33.5 Å². The Hall–Kier alpha value is -1.66. The monoisotopic (exact) mass is 359 g/mol. The standard InChI is InChI=1S/C13H8BrClFNO3/c14-8-4-9(15)10(16)5-11(8)20-6-7-2-1-3-17-12(7)13(18)19/h1-5H,6H2,(H,18,19). The molecule has 1 aromatic heterocycles. The zero-order chi connectivity index (χ0) is 14.7. The van der Waals surface area contributed by atoms with Gasteiger partial charge in [-0.05, 0) is 28.1 Å². The Balaban J connectivity index is 2.21. The smallest absolute Gasteiger partial charge is 0.354 e. The van der Waals surface area contributed by atoms with E-state index in [9.17, 15) is 9.18 Å². The second-order valence-electron chi connectivity index (χ2n) is 3.80. The topological polar surface area (TPSA) is 59.4 Å². The van der Waals surface area contributed by atoms with Crippen LogP contribution in [-0.2, 0) is 6.61 Å². The number of carbonyl (C=O) groups is 1. The third kappa shape index (κ3) is 3.26. The van der Waals surface area contributed by atoms with Gasteiger partial charge >= 0.3 is 5.97 Å². The molecule has 0 unspecified atom stereocenters. The largest absolute Gasteiger partial charge is 0.488 e. The summed E-state index contributed by atoms with van der Waals surface area (Å²) in [6.45, 7) is -0.0465. The average molecular weight is 361 g/mol. The second-order valence-corrected chi connectivity index (χ2v) is 5.06.